The normalized spacial score (nSPS) is 13.5. The molecule has 0 radical (unpaired) electrons. The fourth-order valence-corrected chi connectivity index (χ4v) is 3.08. The maximum absolute atomic E-state index is 6.77. The van der Waals surface area contributed by atoms with E-state index in [1.54, 1.807) is 14.2 Å². The van der Waals surface area contributed by atoms with Gasteiger partial charge in [-0.3, -0.25) is 0 Å². The van der Waals surface area contributed by atoms with Gasteiger partial charge < -0.3 is 9.47 Å². The van der Waals surface area contributed by atoms with Crippen molar-refractivity contribution < 1.29 is 9.47 Å². The number of alkyl halides is 1. The Bertz CT molecular complexity index is 569. The second kappa shape index (κ2) is 7.37. The topological polar surface area (TPSA) is 18.5 Å². The zero-order valence-corrected chi connectivity index (χ0v) is 13.4. The SMILES string of the molecule is CCC(c1ccccc1)C(Cl)c1ccc(OC)cc1OC. The van der Waals surface area contributed by atoms with Gasteiger partial charge >= 0.3 is 0 Å². The minimum atomic E-state index is -0.141. The molecule has 2 nitrogen and oxygen atoms in total. The summed E-state index contributed by atoms with van der Waals surface area (Å²) in [5, 5.41) is -0.141. The van der Waals surface area contributed by atoms with Crippen LogP contribution in [0.25, 0.3) is 0 Å². The van der Waals surface area contributed by atoms with Crippen molar-refractivity contribution in [3.8, 4) is 11.5 Å². The van der Waals surface area contributed by atoms with Crippen LogP contribution in [-0.2, 0) is 0 Å². The van der Waals surface area contributed by atoms with Crippen LogP contribution < -0.4 is 9.47 Å². The highest BCUT2D eigenvalue weighted by molar-refractivity contribution is 6.21. The molecule has 0 aliphatic carbocycles. The Balaban J connectivity index is 2.35. The molecule has 21 heavy (non-hydrogen) atoms. The number of hydrogen-bond acceptors (Lipinski definition) is 2. The second-order valence-electron chi connectivity index (χ2n) is 4.94. The van der Waals surface area contributed by atoms with E-state index in [9.17, 15) is 0 Å². The van der Waals surface area contributed by atoms with E-state index in [-0.39, 0.29) is 11.3 Å². The van der Waals surface area contributed by atoms with Crippen LogP contribution in [0.3, 0.4) is 0 Å². The van der Waals surface area contributed by atoms with Crippen molar-refractivity contribution in [1.82, 2.24) is 0 Å². The largest absolute Gasteiger partial charge is 0.497 e. The zero-order chi connectivity index (χ0) is 15.2. The Labute approximate surface area is 131 Å². The van der Waals surface area contributed by atoms with Crippen LogP contribution in [0.4, 0.5) is 0 Å². The summed E-state index contributed by atoms with van der Waals surface area (Å²) in [6, 6.07) is 16.2. The Morgan fingerprint density at radius 1 is 1.00 bits per heavy atom. The van der Waals surface area contributed by atoms with Crippen molar-refractivity contribution >= 4 is 11.6 Å². The van der Waals surface area contributed by atoms with Crippen molar-refractivity contribution in [2.45, 2.75) is 24.6 Å². The van der Waals surface area contributed by atoms with E-state index >= 15 is 0 Å². The summed E-state index contributed by atoms with van der Waals surface area (Å²) in [6.45, 7) is 2.16. The molecule has 0 N–H and O–H groups in total. The van der Waals surface area contributed by atoms with Gasteiger partial charge in [0, 0.05) is 17.5 Å². The first-order chi connectivity index (χ1) is 10.2. The van der Waals surface area contributed by atoms with E-state index in [4.69, 9.17) is 21.1 Å². The highest BCUT2D eigenvalue weighted by Gasteiger charge is 2.24. The molecule has 0 aromatic heterocycles. The number of hydrogen-bond donors (Lipinski definition) is 0. The van der Waals surface area contributed by atoms with Gasteiger partial charge in [-0.2, -0.15) is 0 Å². The highest BCUT2D eigenvalue weighted by atomic mass is 35.5. The van der Waals surface area contributed by atoms with Gasteiger partial charge in [0.15, 0.2) is 0 Å². The van der Waals surface area contributed by atoms with E-state index in [0.717, 1.165) is 23.5 Å². The number of benzene rings is 2. The van der Waals surface area contributed by atoms with Crippen LogP contribution in [0.15, 0.2) is 48.5 Å². The van der Waals surface area contributed by atoms with Crippen LogP contribution in [-0.4, -0.2) is 14.2 Å². The van der Waals surface area contributed by atoms with Gasteiger partial charge in [-0.1, -0.05) is 43.3 Å². The first-order valence-corrected chi connectivity index (χ1v) is 7.55. The number of rotatable bonds is 6. The summed E-state index contributed by atoms with van der Waals surface area (Å²) in [7, 11) is 3.30. The summed E-state index contributed by atoms with van der Waals surface area (Å²) in [4.78, 5) is 0. The standard InChI is InChI=1S/C18H21ClO2/c1-4-15(13-8-6-5-7-9-13)18(19)16-11-10-14(20-2)12-17(16)21-3/h5-12,15,18H,4H2,1-3H3. The molecule has 0 aliphatic heterocycles. The third-order valence-electron chi connectivity index (χ3n) is 3.76. The van der Waals surface area contributed by atoms with E-state index in [0.29, 0.717) is 0 Å². The Hall–Kier alpha value is -1.67. The van der Waals surface area contributed by atoms with Crippen molar-refractivity contribution in [3.05, 3.63) is 59.7 Å². The first kappa shape index (κ1) is 15.7. The van der Waals surface area contributed by atoms with Crippen LogP contribution in [0.2, 0.25) is 0 Å². The number of methoxy groups -OCH3 is 2. The molecule has 2 unspecified atom stereocenters. The highest BCUT2D eigenvalue weighted by Crippen LogP contribution is 2.43. The second-order valence-corrected chi connectivity index (χ2v) is 5.41. The third-order valence-corrected chi connectivity index (χ3v) is 4.30. The summed E-state index contributed by atoms with van der Waals surface area (Å²) in [5.74, 6) is 1.78. The molecule has 0 amide bonds. The quantitative estimate of drug-likeness (QED) is 0.685. The van der Waals surface area contributed by atoms with Gasteiger partial charge in [-0.15, -0.1) is 11.6 Å². The lowest BCUT2D eigenvalue weighted by Gasteiger charge is -2.23. The third kappa shape index (κ3) is 3.51. The van der Waals surface area contributed by atoms with Crippen LogP contribution in [0.1, 0.15) is 35.8 Å². The molecule has 0 heterocycles. The van der Waals surface area contributed by atoms with Crippen LogP contribution in [0.5, 0.6) is 11.5 Å². The fourth-order valence-electron chi connectivity index (χ4n) is 2.57. The fraction of sp³-hybridized carbons (Fsp3) is 0.333. The molecule has 2 aromatic carbocycles. The van der Waals surface area contributed by atoms with E-state index in [1.165, 1.54) is 5.56 Å². The molecule has 0 aliphatic rings. The maximum Gasteiger partial charge on any atom is 0.127 e. The Morgan fingerprint density at radius 2 is 1.71 bits per heavy atom. The van der Waals surface area contributed by atoms with Crippen LogP contribution >= 0.6 is 11.6 Å². The first-order valence-electron chi connectivity index (χ1n) is 7.12. The lowest BCUT2D eigenvalue weighted by Crippen LogP contribution is -2.07. The molecule has 0 saturated carbocycles. The molecule has 0 fully saturated rings. The lowest BCUT2D eigenvalue weighted by molar-refractivity contribution is 0.389. The van der Waals surface area contributed by atoms with Gasteiger partial charge in [0.1, 0.15) is 11.5 Å². The molecule has 112 valence electrons. The molecule has 0 spiro atoms. The van der Waals surface area contributed by atoms with Gasteiger partial charge in [0.2, 0.25) is 0 Å². The van der Waals surface area contributed by atoms with Gasteiger partial charge in [0.05, 0.1) is 19.6 Å². The summed E-state index contributed by atoms with van der Waals surface area (Å²) < 4.78 is 10.7. The molecular weight excluding hydrogens is 284 g/mol. The summed E-state index contributed by atoms with van der Waals surface area (Å²) in [5.41, 5.74) is 2.24. The smallest absolute Gasteiger partial charge is 0.127 e. The number of ether oxygens (including phenoxy) is 2. The van der Waals surface area contributed by atoms with E-state index < -0.39 is 0 Å². The van der Waals surface area contributed by atoms with E-state index in [1.807, 2.05) is 36.4 Å². The minimum absolute atomic E-state index is 0.141. The average Bonchev–Trinajstić information content (AvgIpc) is 2.55. The zero-order valence-electron chi connectivity index (χ0n) is 12.7. The molecule has 2 aromatic rings. The number of halogens is 1. The molecule has 2 rings (SSSR count). The van der Waals surface area contributed by atoms with E-state index in [2.05, 4.69) is 19.1 Å². The van der Waals surface area contributed by atoms with Gasteiger partial charge in [0.25, 0.3) is 0 Å². The summed E-state index contributed by atoms with van der Waals surface area (Å²) >= 11 is 6.77. The summed E-state index contributed by atoms with van der Waals surface area (Å²) in [6.07, 6.45) is 0.966. The van der Waals surface area contributed by atoms with Crippen molar-refractivity contribution in [2.75, 3.05) is 14.2 Å². The van der Waals surface area contributed by atoms with Crippen LogP contribution in [0, 0.1) is 0 Å². The molecule has 0 bridgehead atoms. The minimum Gasteiger partial charge on any atom is -0.497 e. The lowest BCUT2D eigenvalue weighted by atomic mass is 9.89. The van der Waals surface area contributed by atoms with Crippen molar-refractivity contribution in [3.63, 3.8) is 0 Å². The van der Waals surface area contributed by atoms with Gasteiger partial charge in [-0.05, 0) is 18.1 Å². The molecule has 0 saturated heterocycles. The average molecular weight is 305 g/mol. The molecule has 2 atom stereocenters. The molecular formula is C18H21ClO2. The Kier molecular flexibility index (Phi) is 5.51. The Morgan fingerprint density at radius 3 is 2.29 bits per heavy atom. The van der Waals surface area contributed by atoms with Gasteiger partial charge in [-0.25, -0.2) is 0 Å². The predicted octanol–water partition coefficient (Wildman–Crippen LogP) is 5.18. The van der Waals surface area contributed by atoms with Crippen molar-refractivity contribution in [1.29, 1.82) is 0 Å². The maximum atomic E-state index is 6.77. The monoisotopic (exact) mass is 304 g/mol. The van der Waals surface area contributed by atoms with Crippen molar-refractivity contribution in [2.24, 2.45) is 0 Å². The predicted molar refractivity (Wildman–Crippen MR) is 87.6 cm³/mol. The molecule has 3 heteroatoms.